The molecule has 0 saturated heterocycles. The first-order valence-electron chi connectivity index (χ1n) is 16.1. The van der Waals surface area contributed by atoms with Crippen LogP contribution in [0.25, 0.3) is 78.0 Å². The van der Waals surface area contributed by atoms with Gasteiger partial charge in [-0.2, -0.15) is 0 Å². The Kier molecular flexibility index (Phi) is 6.16. The van der Waals surface area contributed by atoms with Gasteiger partial charge in [0, 0.05) is 22.1 Å². The zero-order valence-electron chi connectivity index (χ0n) is 26.3. The molecule has 1 heterocycles. The number of benzene rings is 7. The summed E-state index contributed by atoms with van der Waals surface area (Å²) in [5.74, 6) is 1.97. The van der Waals surface area contributed by atoms with Gasteiger partial charge in [0.2, 0.25) is 0 Å². The van der Waals surface area contributed by atoms with Crippen molar-refractivity contribution >= 4 is 21.5 Å². The molecule has 3 nitrogen and oxygen atoms in total. The SMILES string of the molecule is CC1(C)c2ccccc2-c2cc3ccc4cc(-c5nc(-c6ccccc6)nc(-c6cccc(-c7ccccc7)c6)n5)ccc4c3cc21. The second-order valence-corrected chi connectivity index (χ2v) is 12.9. The average Bonchev–Trinajstić information content (AvgIpc) is 3.36. The van der Waals surface area contributed by atoms with Gasteiger partial charge in [0.25, 0.3) is 0 Å². The maximum absolute atomic E-state index is 5.07. The summed E-state index contributed by atoms with van der Waals surface area (Å²) in [6, 6.07) is 53.7. The second-order valence-electron chi connectivity index (χ2n) is 12.9. The number of fused-ring (bicyclic) bond motifs is 6. The van der Waals surface area contributed by atoms with E-state index in [4.69, 9.17) is 15.0 Å². The van der Waals surface area contributed by atoms with Crippen LogP contribution in [-0.4, -0.2) is 15.0 Å². The van der Waals surface area contributed by atoms with E-state index >= 15 is 0 Å². The van der Waals surface area contributed by atoms with Crippen LogP contribution in [0.5, 0.6) is 0 Å². The normalized spacial score (nSPS) is 13.1. The van der Waals surface area contributed by atoms with Crippen molar-refractivity contribution in [3.05, 3.63) is 163 Å². The van der Waals surface area contributed by atoms with Gasteiger partial charge in [-0.05, 0) is 79.2 Å². The molecule has 0 saturated carbocycles. The first kappa shape index (κ1) is 27.4. The molecule has 0 unspecified atom stereocenters. The third-order valence-electron chi connectivity index (χ3n) is 9.69. The summed E-state index contributed by atoms with van der Waals surface area (Å²) in [5, 5.41) is 4.92. The van der Waals surface area contributed by atoms with E-state index in [2.05, 4.69) is 129 Å². The van der Waals surface area contributed by atoms with Crippen LogP contribution in [0.1, 0.15) is 25.0 Å². The van der Waals surface area contributed by atoms with E-state index in [9.17, 15) is 0 Å². The standard InChI is InChI=1S/C44H31N3/c1-44(2)39-19-10-9-18-36(39)38-26-32-21-20-31-25-34(22-23-35(31)37(32)27-40(38)44)43-46-41(29-14-7-4-8-15-29)45-42(47-43)33-17-11-16-30(24-33)28-12-5-3-6-13-28/h3-27H,1-2H3. The van der Waals surface area contributed by atoms with Crippen LogP contribution in [0.3, 0.4) is 0 Å². The minimum atomic E-state index is -0.0465. The highest BCUT2D eigenvalue weighted by atomic mass is 15.0. The zero-order valence-corrected chi connectivity index (χ0v) is 26.3. The number of nitrogens with zero attached hydrogens (tertiary/aromatic N) is 3. The van der Waals surface area contributed by atoms with Crippen LogP contribution in [0.2, 0.25) is 0 Å². The Morgan fingerprint density at radius 3 is 1.68 bits per heavy atom. The molecular weight excluding hydrogens is 571 g/mol. The van der Waals surface area contributed by atoms with Crippen molar-refractivity contribution in [2.75, 3.05) is 0 Å². The van der Waals surface area contributed by atoms with Crippen molar-refractivity contribution in [1.29, 1.82) is 0 Å². The number of aromatic nitrogens is 3. The topological polar surface area (TPSA) is 38.7 Å². The lowest BCUT2D eigenvalue weighted by molar-refractivity contribution is 0.661. The highest BCUT2D eigenvalue weighted by Crippen LogP contribution is 2.50. The Bertz CT molecular complexity index is 2480. The fraction of sp³-hybridized carbons (Fsp3) is 0.0682. The minimum Gasteiger partial charge on any atom is -0.208 e. The van der Waals surface area contributed by atoms with Crippen molar-refractivity contribution in [2.24, 2.45) is 0 Å². The lowest BCUT2D eigenvalue weighted by Gasteiger charge is -2.22. The molecule has 1 aliphatic carbocycles. The van der Waals surface area contributed by atoms with Gasteiger partial charge >= 0.3 is 0 Å². The Labute approximate surface area is 274 Å². The smallest absolute Gasteiger partial charge is 0.164 e. The molecule has 0 bridgehead atoms. The Morgan fingerprint density at radius 1 is 0.362 bits per heavy atom. The van der Waals surface area contributed by atoms with E-state index in [0.717, 1.165) is 33.2 Å². The Morgan fingerprint density at radius 2 is 0.936 bits per heavy atom. The van der Waals surface area contributed by atoms with Gasteiger partial charge in [-0.1, -0.05) is 141 Å². The van der Waals surface area contributed by atoms with E-state index in [0.29, 0.717) is 17.5 Å². The lowest BCUT2D eigenvalue weighted by Crippen LogP contribution is -2.14. The summed E-state index contributed by atoms with van der Waals surface area (Å²) in [7, 11) is 0. The van der Waals surface area contributed by atoms with Gasteiger partial charge in [0.15, 0.2) is 17.5 Å². The molecule has 1 aliphatic rings. The Balaban J connectivity index is 1.19. The molecule has 0 radical (unpaired) electrons. The fourth-order valence-electron chi connectivity index (χ4n) is 7.22. The quantitative estimate of drug-likeness (QED) is 0.188. The molecule has 0 N–H and O–H groups in total. The highest BCUT2D eigenvalue weighted by Gasteiger charge is 2.35. The summed E-state index contributed by atoms with van der Waals surface area (Å²) >= 11 is 0. The van der Waals surface area contributed by atoms with E-state index in [1.54, 1.807) is 0 Å². The summed E-state index contributed by atoms with van der Waals surface area (Å²) in [6.45, 7) is 4.68. The van der Waals surface area contributed by atoms with Crippen LogP contribution < -0.4 is 0 Å². The van der Waals surface area contributed by atoms with Gasteiger partial charge in [0.1, 0.15) is 0 Å². The molecule has 3 heteroatoms. The Hall–Kier alpha value is -5.93. The first-order valence-corrected chi connectivity index (χ1v) is 16.1. The van der Waals surface area contributed by atoms with Gasteiger partial charge in [-0.25, -0.2) is 15.0 Å². The van der Waals surface area contributed by atoms with Crippen LogP contribution in [0.4, 0.5) is 0 Å². The lowest BCUT2D eigenvalue weighted by atomic mass is 9.81. The third-order valence-corrected chi connectivity index (χ3v) is 9.69. The summed E-state index contributed by atoms with van der Waals surface area (Å²) in [5.41, 5.74) is 10.6. The monoisotopic (exact) mass is 601 g/mol. The molecule has 1 aromatic heterocycles. The van der Waals surface area contributed by atoms with Gasteiger partial charge in [0.05, 0.1) is 0 Å². The largest absolute Gasteiger partial charge is 0.208 e. The molecule has 222 valence electrons. The van der Waals surface area contributed by atoms with Crippen LogP contribution in [0, 0.1) is 0 Å². The summed E-state index contributed by atoms with van der Waals surface area (Å²) in [6.07, 6.45) is 0. The van der Waals surface area contributed by atoms with E-state index in [-0.39, 0.29) is 5.41 Å². The summed E-state index contributed by atoms with van der Waals surface area (Å²) in [4.78, 5) is 15.1. The van der Waals surface area contributed by atoms with Crippen molar-refractivity contribution in [2.45, 2.75) is 19.3 Å². The molecular formula is C44H31N3. The molecule has 0 spiro atoms. The van der Waals surface area contributed by atoms with Crippen molar-refractivity contribution in [3.8, 4) is 56.4 Å². The van der Waals surface area contributed by atoms with E-state index in [1.165, 1.54) is 38.4 Å². The summed E-state index contributed by atoms with van der Waals surface area (Å²) < 4.78 is 0. The maximum Gasteiger partial charge on any atom is 0.164 e. The molecule has 0 aliphatic heterocycles. The first-order chi connectivity index (χ1) is 23.0. The van der Waals surface area contributed by atoms with Gasteiger partial charge in [-0.3, -0.25) is 0 Å². The van der Waals surface area contributed by atoms with Crippen molar-refractivity contribution in [3.63, 3.8) is 0 Å². The van der Waals surface area contributed by atoms with E-state index < -0.39 is 0 Å². The number of rotatable bonds is 4. The second kappa shape index (κ2) is 10.6. The maximum atomic E-state index is 5.07. The molecule has 8 aromatic rings. The van der Waals surface area contributed by atoms with Gasteiger partial charge < -0.3 is 0 Å². The molecule has 47 heavy (non-hydrogen) atoms. The predicted octanol–water partition coefficient (Wildman–Crippen LogP) is 11.2. The number of hydrogen-bond donors (Lipinski definition) is 0. The molecule has 0 atom stereocenters. The van der Waals surface area contributed by atoms with Crippen LogP contribution in [0.15, 0.2) is 152 Å². The predicted molar refractivity (Wildman–Crippen MR) is 194 cm³/mol. The van der Waals surface area contributed by atoms with Crippen LogP contribution in [-0.2, 0) is 5.41 Å². The number of hydrogen-bond acceptors (Lipinski definition) is 3. The average molecular weight is 602 g/mol. The van der Waals surface area contributed by atoms with Crippen molar-refractivity contribution < 1.29 is 0 Å². The fourth-order valence-corrected chi connectivity index (χ4v) is 7.22. The van der Waals surface area contributed by atoms with E-state index in [1.807, 2.05) is 36.4 Å². The molecule has 9 rings (SSSR count). The molecule has 7 aromatic carbocycles. The minimum absolute atomic E-state index is 0.0465. The van der Waals surface area contributed by atoms with Crippen molar-refractivity contribution in [1.82, 2.24) is 15.0 Å². The highest BCUT2D eigenvalue weighted by molar-refractivity contribution is 6.10. The molecule has 0 fully saturated rings. The van der Waals surface area contributed by atoms with Crippen LogP contribution >= 0.6 is 0 Å². The van der Waals surface area contributed by atoms with Gasteiger partial charge in [-0.15, -0.1) is 0 Å². The molecule has 0 amide bonds. The zero-order chi connectivity index (χ0) is 31.5. The third kappa shape index (κ3) is 4.54.